The Morgan fingerprint density at radius 3 is 2.78 bits per heavy atom. The van der Waals surface area contributed by atoms with Crippen molar-refractivity contribution in [2.24, 2.45) is 0 Å². The summed E-state index contributed by atoms with van der Waals surface area (Å²) in [4.78, 5) is 31.9. The molecule has 184 valence electrons. The zero-order valence-electron chi connectivity index (χ0n) is 20.0. The number of amides is 2. The molecule has 1 unspecified atom stereocenters. The molecule has 0 fully saturated rings. The maximum absolute atomic E-state index is 12.9. The number of methoxy groups -OCH3 is 1. The number of ether oxygens (including phenoxy) is 1. The summed E-state index contributed by atoms with van der Waals surface area (Å²) in [5.74, 6) is 0.623. The predicted octanol–water partition coefficient (Wildman–Crippen LogP) is 5.71. The molecule has 5 rings (SSSR count). The molecular weight excluding hydrogens is 472 g/mol. The second-order valence-corrected chi connectivity index (χ2v) is 9.83. The highest BCUT2D eigenvalue weighted by atomic mass is 32.2. The van der Waals surface area contributed by atoms with E-state index in [0.29, 0.717) is 5.69 Å². The molecule has 8 heteroatoms. The number of carbonyl (C=O) groups is 2. The lowest BCUT2D eigenvalue weighted by atomic mass is 10.0. The van der Waals surface area contributed by atoms with Crippen molar-refractivity contribution >= 4 is 46.0 Å². The second kappa shape index (κ2) is 10.8. The van der Waals surface area contributed by atoms with E-state index in [1.54, 1.807) is 0 Å². The number of rotatable bonds is 7. The summed E-state index contributed by atoms with van der Waals surface area (Å²) in [5, 5.41) is 6.92. The molecule has 0 spiro atoms. The minimum atomic E-state index is -0.539. The number of benzene rings is 3. The quantitative estimate of drug-likeness (QED) is 0.283. The van der Waals surface area contributed by atoms with Crippen LogP contribution in [0.3, 0.4) is 0 Å². The third-order valence-electron chi connectivity index (χ3n) is 6.28. The molecular formula is C28H28N4O3S. The van der Waals surface area contributed by atoms with E-state index in [2.05, 4.69) is 44.8 Å². The van der Waals surface area contributed by atoms with Gasteiger partial charge in [-0.3, -0.25) is 4.79 Å². The smallest absolute Gasteiger partial charge is 0.319 e. The van der Waals surface area contributed by atoms with Crippen LogP contribution in [-0.2, 0) is 16.1 Å². The number of anilines is 2. The van der Waals surface area contributed by atoms with Crippen LogP contribution in [0, 0.1) is 0 Å². The second-order valence-electron chi connectivity index (χ2n) is 8.69. The summed E-state index contributed by atoms with van der Waals surface area (Å²) in [7, 11) is 1.36. The van der Waals surface area contributed by atoms with Crippen LogP contribution in [0.2, 0.25) is 0 Å². The first-order valence-corrected chi connectivity index (χ1v) is 12.8. The molecule has 4 aromatic rings. The largest absolute Gasteiger partial charge is 0.469 e. The molecule has 2 heterocycles. The van der Waals surface area contributed by atoms with Crippen LogP contribution in [0.5, 0.6) is 0 Å². The number of H-pyrrole nitrogens is 1. The Hall–Kier alpha value is -3.91. The summed E-state index contributed by atoms with van der Waals surface area (Å²) in [5.41, 5.74) is 4.81. The van der Waals surface area contributed by atoms with Crippen molar-refractivity contribution in [3.05, 3.63) is 90.1 Å². The monoisotopic (exact) mass is 500 g/mol. The van der Waals surface area contributed by atoms with Crippen molar-refractivity contribution < 1.29 is 14.3 Å². The minimum absolute atomic E-state index is 0.0319. The van der Waals surface area contributed by atoms with Gasteiger partial charge in [0.15, 0.2) is 0 Å². The Kier molecular flexibility index (Phi) is 7.13. The van der Waals surface area contributed by atoms with Crippen LogP contribution in [0.1, 0.15) is 23.6 Å². The van der Waals surface area contributed by atoms with Crippen LogP contribution in [-0.4, -0.2) is 36.4 Å². The van der Waals surface area contributed by atoms with Gasteiger partial charge in [0, 0.05) is 41.1 Å². The number of nitrogens with zero attached hydrogens (tertiary/aromatic N) is 1. The molecule has 36 heavy (non-hydrogen) atoms. The molecule has 0 radical (unpaired) electrons. The summed E-state index contributed by atoms with van der Waals surface area (Å²) in [6.07, 6.45) is 1.89. The number of hydrogen-bond donors (Lipinski definition) is 3. The van der Waals surface area contributed by atoms with Gasteiger partial charge >= 0.3 is 12.0 Å². The van der Waals surface area contributed by atoms with E-state index in [0.717, 1.165) is 41.0 Å². The van der Waals surface area contributed by atoms with Gasteiger partial charge in [0.1, 0.15) is 0 Å². The minimum Gasteiger partial charge on any atom is -0.469 e. The lowest BCUT2D eigenvalue weighted by Crippen LogP contribution is -2.34. The zero-order chi connectivity index (χ0) is 24.9. The Bertz CT molecular complexity index is 1370. The van der Waals surface area contributed by atoms with Crippen LogP contribution >= 0.6 is 11.8 Å². The van der Waals surface area contributed by atoms with Gasteiger partial charge < -0.3 is 25.3 Å². The average Bonchev–Trinajstić information content (AvgIpc) is 3.37. The summed E-state index contributed by atoms with van der Waals surface area (Å²) >= 11 is 1.82. The van der Waals surface area contributed by atoms with E-state index in [9.17, 15) is 9.59 Å². The lowest BCUT2D eigenvalue weighted by molar-refractivity contribution is -0.141. The van der Waals surface area contributed by atoms with Gasteiger partial charge in [-0.2, -0.15) is 0 Å². The first kappa shape index (κ1) is 23.8. The van der Waals surface area contributed by atoms with Crippen LogP contribution < -0.4 is 15.5 Å². The van der Waals surface area contributed by atoms with E-state index in [1.165, 1.54) is 17.6 Å². The van der Waals surface area contributed by atoms with Gasteiger partial charge in [-0.1, -0.05) is 42.5 Å². The van der Waals surface area contributed by atoms with Crippen LogP contribution in [0.4, 0.5) is 16.2 Å². The van der Waals surface area contributed by atoms with E-state index < -0.39 is 6.04 Å². The predicted molar refractivity (Wildman–Crippen MR) is 144 cm³/mol. The van der Waals surface area contributed by atoms with Crippen molar-refractivity contribution in [2.75, 3.05) is 29.6 Å². The number of thioether (sulfide) groups is 1. The fourth-order valence-corrected chi connectivity index (χ4v) is 5.46. The number of esters is 1. The molecule has 7 nitrogen and oxygen atoms in total. The molecule has 1 aliphatic heterocycles. The summed E-state index contributed by atoms with van der Waals surface area (Å²) in [6.45, 7) is 1.72. The number of aromatic amines is 1. The number of nitrogens with one attached hydrogen (secondary N) is 3. The standard InChI is InChI=1S/C28H28N4O3S/c1-35-27(33)17-24(31-28(34)30-22-9-7-20-11-12-29-23(20)16-22)21-8-10-26-25(15-21)32(13-14-36-26)18-19-5-3-2-4-6-19/h2-12,15-16,24,29H,13-14,17-18H2,1H3,(H2,30,31,34). The van der Waals surface area contributed by atoms with Crippen LogP contribution in [0.15, 0.2) is 83.9 Å². The van der Waals surface area contributed by atoms with Gasteiger partial charge in [0.2, 0.25) is 0 Å². The summed E-state index contributed by atoms with van der Waals surface area (Å²) < 4.78 is 4.92. The normalized spacial score (nSPS) is 13.6. The van der Waals surface area contributed by atoms with Gasteiger partial charge in [-0.25, -0.2) is 4.79 Å². The maximum atomic E-state index is 12.9. The fraction of sp³-hybridized carbons (Fsp3) is 0.214. The Morgan fingerprint density at radius 2 is 1.94 bits per heavy atom. The van der Waals surface area contributed by atoms with Crippen molar-refractivity contribution in [1.82, 2.24) is 10.3 Å². The summed E-state index contributed by atoms with van der Waals surface area (Å²) in [6, 6.07) is 23.2. The highest BCUT2D eigenvalue weighted by Gasteiger charge is 2.23. The van der Waals surface area contributed by atoms with E-state index in [-0.39, 0.29) is 18.4 Å². The molecule has 0 saturated heterocycles. The number of hydrogen-bond acceptors (Lipinski definition) is 5. The SMILES string of the molecule is COC(=O)CC(NC(=O)Nc1ccc2cc[nH]c2c1)c1ccc2c(c1)N(Cc1ccccc1)CCS2. The van der Waals surface area contributed by atoms with Crippen LogP contribution in [0.25, 0.3) is 10.9 Å². The Morgan fingerprint density at radius 1 is 1.08 bits per heavy atom. The van der Waals surface area contributed by atoms with E-state index >= 15 is 0 Å². The third kappa shape index (κ3) is 5.49. The van der Waals surface area contributed by atoms with Gasteiger partial charge in [0.05, 0.1) is 25.3 Å². The average molecular weight is 501 g/mol. The van der Waals surface area contributed by atoms with Crippen molar-refractivity contribution in [2.45, 2.75) is 23.9 Å². The molecule has 1 aromatic heterocycles. The molecule has 0 saturated carbocycles. The Labute approximate surface area is 214 Å². The zero-order valence-corrected chi connectivity index (χ0v) is 20.8. The first-order valence-electron chi connectivity index (χ1n) is 11.9. The molecule has 3 aromatic carbocycles. The third-order valence-corrected chi connectivity index (χ3v) is 7.32. The van der Waals surface area contributed by atoms with E-state index in [4.69, 9.17) is 4.74 Å². The Balaban J connectivity index is 1.37. The van der Waals surface area contributed by atoms with E-state index in [1.807, 2.05) is 66.5 Å². The molecule has 1 atom stereocenters. The van der Waals surface area contributed by atoms with Gasteiger partial charge in [-0.05, 0) is 46.8 Å². The number of carbonyl (C=O) groups excluding carboxylic acids is 2. The highest BCUT2D eigenvalue weighted by molar-refractivity contribution is 7.99. The van der Waals surface area contributed by atoms with Gasteiger partial charge in [-0.15, -0.1) is 11.8 Å². The number of fused-ring (bicyclic) bond motifs is 2. The topological polar surface area (TPSA) is 86.5 Å². The molecule has 1 aliphatic rings. The van der Waals surface area contributed by atoms with Crippen molar-refractivity contribution in [3.8, 4) is 0 Å². The maximum Gasteiger partial charge on any atom is 0.319 e. The molecule has 2 amide bonds. The van der Waals surface area contributed by atoms with Gasteiger partial charge in [0.25, 0.3) is 0 Å². The number of urea groups is 1. The fourth-order valence-electron chi connectivity index (χ4n) is 4.43. The highest BCUT2D eigenvalue weighted by Crippen LogP contribution is 2.38. The number of aromatic nitrogens is 1. The lowest BCUT2D eigenvalue weighted by Gasteiger charge is -2.32. The van der Waals surface area contributed by atoms with Crippen molar-refractivity contribution in [1.29, 1.82) is 0 Å². The molecule has 0 aliphatic carbocycles. The molecule has 3 N–H and O–H groups in total. The van der Waals surface area contributed by atoms with Crippen molar-refractivity contribution in [3.63, 3.8) is 0 Å². The first-order chi connectivity index (χ1) is 17.6. The molecule has 0 bridgehead atoms.